The molecule has 1 aromatic rings. The van der Waals surface area contributed by atoms with Gasteiger partial charge in [-0.2, -0.15) is 0 Å². The van der Waals surface area contributed by atoms with Gasteiger partial charge in [0.05, 0.1) is 6.10 Å². The van der Waals surface area contributed by atoms with Gasteiger partial charge in [0.15, 0.2) is 0 Å². The molecule has 0 amide bonds. The standard InChI is InChI=1S/C16H20O/c17-16(14-7-11-6-12(11)8-14)9-13-5-10-3-1-2-4-15(10)13/h1-4,11-14,16-17H,5-9H2. The van der Waals surface area contributed by atoms with Crippen molar-refractivity contribution in [3.63, 3.8) is 0 Å². The average molecular weight is 228 g/mol. The predicted octanol–water partition coefficient (Wildman–Crippen LogP) is 3.12. The Balaban J connectivity index is 1.39. The van der Waals surface area contributed by atoms with E-state index in [-0.39, 0.29) is 6.10 Å². The first-order chi connectivity index (χ1) is 8.31. The fraction of sp³-hybridized carbons (Fsp3) is 0.625. The van der Waals surface area contributed by atoms with Gasteiger partial charge in [-0.1, -0.05) is 24.3 Å². The number of rotatable bonds is 3. The zero-order valence-electron chi connectivity index (χ0n) is 10.2. The Bertz CT molecular complexity index is 429. The van der Waals surface area contributed by atoms with Gasteiger partial charge in [-0.15, -0.1) is 0 Å². The fourth-order valence-electron chi connectivity index (χ4n) is 4.13. The molecule has 0 bridgehead atoms. The van der Waals surface area contributed by atoms with Gasteiger partial charge in [-0.25, -0.2) is 0 Å². The molecule has 3 aliphatic carbocycles. The quantitative estimate of drug-likeness (QED) is 0.842. The minimum Gasteiger partial charge on any atom is -0.393 e. The molecule has 0 aliphatic heterocycles. The van der Waals surface area contributed by atoms with Gasteiger partial charge in [0, 0.05) is 0 Å². The van der Waals surface area contributed by atoms with E-state index in [2.05, 4.69) is 24.3 Å². The fourth-order valence-corrected chi connectivity index (χ4v) is 4.13. The first-order valence-electron chi connectivity index (χ1n) is 7.07. The van der Waals surface area contributed by atoms with E-state index >= 15 is 0 Å². The number of fused-ring (bicyclic) bond motifs is 2. The molecule has 2 saturated carbocycles. The summed E-state index contributed by atoms with van der Waals surface area (Å²) in [6.45, 7) is 0. The van der Waals surface area contributed by atoms with Gasteiger partial charge in [0.1, 0.15) is 0 Å². The van der Waals surface area contributed by atoms with E-state index in [0.717, 1.165) is 18.3 Å². The monoisotopic (exact) mass is 228 g/mol. The Labute approximate surface area is 103 Å². The van der Waals surface area contributed by atoms with E-state index < -0.39 is 0 Å². The summed E-state index contributed by atoms with van der Waals surface area (Å²) < 4.78 is 0. The van der Waals surface area contributed by atoms with Crippen LogP contribution in [-0.2, 0) is 6.42 Å². The third kappa shape index (κ3) is 1.63. The summed E-state index contributed by atoms with van der Waals surface area (Å²) in [7, 11) is 0. The van der Waals surface area contributed by atoms with Gasteiger partial charge in [0.2, 0.25) is 0 Å². The molecule has 4 rings (SSSR count). The number of aliphatic hydroxyl groups excluding tert-OH is 1. The molecule has 1 aromatic carbocycles. The molecule has 1 N–H and O–H groups in total. The number of hydrogen-bond donors (Lipinski definition) is 1. The van der Waals surface area contributed by atoms with Crippen LogP contribution in [0.3, 0.4) is 0 Å². The van der Waals surface area contributed by atoms with Gasteiger partial charge < -0.3 is 5.11 Å². The zero-order valence-corrected chi connectivity index (χ0v) is 10.2. The summed E-state index contributed by atoms with van der Waals surface area (Å²) in [5.41, 5.74) is 2.99. The average Bonchev–Trinajstić information content (AvgIpc) is 2.93. The van der Waals surface area contributed by atoms with Crippen molar-refractivity contribution < 1.29 is 5.11 Å². The van der Waals surface area contributed by atoms with E-state index in [1.807, 2.05) is 0 Å². The van der Waals surface area contributed by atoms with Crippen LogP contribution in [0.2, 0.25) is 0 Å². The molecule has 0 radical (unpaired) electrons. The summed E-state index contributed by atoms with van der Waals surface area (Å²) in [6, 6.07) is 8.71. The zero-order chi connectivity index (χ0) is 11.4. The van der Waals surface area contributed by atoms with Crippen LogP contribution >= 0.6 is 0 Å². The van der Waals surface area contributed by atoms with Crippen LogP contribution in [0.25, 0.3) is 0 Å². The predicted molar refractivity (Wildman–Crippen MR) is 67.8 cm³/mol. The molecule has 1 heteroatoms. The van der Waals surface area contributed by atoms with E-state index in [1.54, 1.807) is 0 Å². The van der Waals surface area contributed by atoms with Crippen LogP contribution in [0.1, 0.15) is 42.7 Å². The van der Waals surface area contributed by atoms with Crippen LogP contribution in [0, 0.1) is 17.8 Å². The van der Waals surface area contributed by atoms with Crippen molar-refractivity contribution in [2.75, 3.05) is 0 Å². The largest absolute Gasteiger partial charge is 0.393 e. The second-order valence-electron chi connectivity index (χ2n) is 6.39. The van der Waals surface area contributed by atoms with Crippen LogP contribution in [0.4, 0.5) is 0 Å². The molecule has 0 aromatic heterocycles. The van der Waals surface area contributed by atoms with Crippen LogP contribution in [0.5, 0.6) is 0 Å². The highest BCUT2D eigenvalue weighted by Crippen LogP contribution is 2.56. The molecule has 4 unspecified atom stereocenters. The Kier molecular flexibility index (Phi) is 2.14. The summed E-state index contributed by atoms with van der Waals surface area (Å²) in [5.74, 6) is 3.23. The lowest BCUT2D eigenvalue weighted by Gasteiger charge is -2.33. The Morgan fingerprint density at radius 1 is 1.12 bits per heavy atom. The Morgan fingerprint density at radius 2 is 1.88 bits per heavy atom. The number of hydrogen-bond acceptors (Lipinski definition) is 1. The van der Waals surface area contributed by atoms with Crippen molar-refractivity contribution in [2.45, 2.75) is 44.1 Å². The highest BCUT2D eigenvalue weighted by molar-refractivity contribution is 5.39. The van der Waals surface area contributed by atoms with Gasteiger partial charge >= 0.3 is 0 Å². The van der Waals surface area contributed by atoms with Gasteiger partial charge in [-0.3, -0.25) is 0 Å². The Morgan fingerprint density at radius 3 is 2.65 bits per heavy atom. The van der Waals surface area contributed by atoms with E-state index in [1.165, 1.54) is 36.8 Å². The molecule has 0 heterocycles. The highest BCUT2D eigenvalue weighted by atomic mass is 16.3. The second-order valence-corrected chi connectivity index (χ2v) is 6.39. The highest BCUT2D eigenvalue weighted by Gasteiger charge is 2.48. The minimum absolute atomic E-state index is 0.0406. The normalized spacial score (nSPS) is 39.1. The van der Waals surface area contributed by atoms with Crippen LogP contribution in [-0.4, -0.2) is 11.2 Å². The lowest BCUT2D eigenvalue weighted by Crippen LogP contribution is -2.27. The molecule has 4 atom stereocenters. The molecular weight excluding hydrogens is 208 g/mol. The Hall–Kier alpha value is -0.820. The second kappa shape index (κ2) is 3.58. The summed E-state index contributed by atoms with van der Waals surface area (Å²) >= 11 is 0. The van der Waals surface area contributed by atoms with Crippen molar-refractivity contribution in [2.24, 2.45) is 17.8 Å². The third-order valence-corrected chi connectivity index (χ3v) is 5.31. The summed E-state index contributed by atoms with van der Waals surface area (Å²) in [6.07, 6.45) is 6.21. The maximum Gasteiger partial charge on any atom is 0.0574 e. The molecule has 0 saturated heterocycles. The lowest BCUT2D eigenvalue weighted by atomic mass is 9.73. The molecule has 3 aliphatic rings. The molecule has 90 valence electrons. The van der Waals surface area contributed by atoms with E-state index in [0.29, 0.717) is 11.8 Å². The SMILES string of the molecule is OC(CC1Cc2ccccc21)C1CC2CC2C1. The van der Waals surface area contributed by atoms with Gasteiger partial charge in [0.25, 0.3) is 0 Å². The molecule has 17 heavy (non-hydrogen) atoms. The van der Waals surface area contributed by atoms with E-state index in [4.69, 9.17) is 0 Å². The molecule has 0 spiro atoms. The van der Waals surface area contributed by atoms with Crippen LogP contribution in [0.15, 0.2) is 24.3 Å². The third-order valence-electron chi connectivity index (χ3n) is 5.31. The minimum atomic E-state index is -0.0406. The van der Waals surface area contributed by atoms with E-state index in [9.17, 15) is 5.11 Å². The van der Waals surface area contributed by atoms with Crippen molar-refractivity contribution in [1.82, 2.24) is 0 Å². The van der Waals surface area contributed by atoms with Crippen molar-refractivity contribution in [1.29, 1.82) is 0 Å². The first-order valence-corrected chi connectivity index (χ1v) is 7.07. The van der Waals surface area contributed by atoms with Gasteiger partial charge in [-0.05, 0) is 66.9 Å². The van der Waals surface area contributed by atoms with Crippen molar-refractivity contribution in [3.05, 3.63) is 35.4 Å². The number of aliphatic hydroxyl groups is 1. The van der Waals surface area contributed by atoms with Crippen molar-refractivity contribution >= 4 is 0 Å². The maximum atomic E-state index is 10.3. The molecule has 2 fully saturated rings. The smallest absolute Gasteiger partial charge is 0.0574 e. The van der Waals surface area contributed by atoms with Crippen LogP contribution < -0.4 is 0 Å². The van der Waals surface area contributed by atoms with Crippen molar-refractivity contribution in [3.8, 4) is 0 Å². The topological polar surface area (TPSA) is 20.2 Å². The lowest BCUT2D eigenvalue weighted by molar-refractivity contribution is 0.0854. The number of benzene rings is 1. The summed E-state index contributed by atoms with van der Waals surface area (Å²) in [5, 5.41) is 10.3. The molecule has 1 nitrogen and oxygen atoms in total. The maximum absolute atomic E-state index is 10.3. The molecular formula is C16H20O. The summed E-state index contributed by atoms with van der Waals surface area (Å²) in [4.78, 5) is 0. The first kappa shape index (κ1) is 10.1.